The third kappa shape index (κ3) is 3.80. The van der Waals surface area contributed by atoms with Crippen LogP contribution in [0.2, 0.25) is 5.02 Å². The number of amides is 2. The zero-order chi connectivity index (χ0) is 22.5. The van der Waals surface area contributed by atoms with Crippen molar-refractivity contribution in [1.82, 2.24) is 9.80 Å². The Labute approximate surface area is 182 Å². The molecule has 6 nitrogen and oxygen atoms in total. The van der Waals surface area contributed by atoms with Crippen LogP contribution in [0.1, 0.15) is 50.7 Å². The Morgan fingerprint density at radius 2 is 1.81 bits per heavy atom. The quantitative estimate of drug-likeness (QED) is 0.736. The number of alkyl halides is 2. The van der Waals surface area contributed by atoms with E-state index in [1.165, 1.54) is 6.07 Å². The van der Waals surface area contributed by atoms with Gasteiger partial charge in [0.05, 0.1) is 29.7 Å². The van der Waals surface area contributed by atoms with E-state index in [4.69, 9.17) is 11.6 Å². The number of carbonyl (C=O) groups excluding carboxylic acids is 2. The van der Waals surface area contributed by atoms with E-state index in [-0.39, 0.29) is 28.1 Å². The Hall–Kier alpha value is -2.87. The summed E-state index contributed by atoms with van der Waals surface area (Å²) in [6.07, 6.45) is 1.37. The number of rotatable bonds is 3. The maximum atomic E-state index is 13.2. The van der Waals surface area contributed by atoms with Crippen LogP contribution in [0.5, 0.6) is 11.5 Å². The molecule has 2 N–H and O–H groups in total. The fourth-order valence-corrected chi connectivity index (χ4v) is 4.45. The summed E-state index contributed by atoms with van der Waals surface area (Å²) in [6.45, 7) is 1.00. The Balaban J connectivity index is 1.63. The van der Waals surface area contributed by atoms with Crippen LogP contribution in [0, 0.1) is 6.92 Å². The molecule has 1 unspecified atom stereocenters. The molecule has 2 heterocycles. The van der Waals surface area contributed by atoms with E-state index < -0.39 is 30.8 Å². The van der Waals surface area contributed by atoms with Crippen molar-refractivity contribution in [1.29, 1.82) is 0 Å². The van der Waals surface area contributed by atoms with Crippen molar-refractivity contribution in [3.8, 4) is 11.5 Å². The van der Waals surface area contributed by atoms with Crippen molar-refractivity contribution in [2.45, 2.75) is 31.7 Å². The van der Waals surface area contributed by atoms with E-state index in [1.807, 2.05) is 6.07 Å². The molecular weight excluding hydrogens is 430 g/mol. The lowest BCUT2D eigenvalue weighted by Crippen LogP contribution is -2.58. The number of hydrogen-bond acceptors (Lipinski definition) is 4. The predicted molar refractivity (Wildman–Crippen MR) is 110 cm³/mol. The summed E-state index contributed by atoms with van der Waals surface area (Å²) in [7, 11) is 0. The molecule has 164 valence electrons. The Bertz CT molecular complexity index is 1070. The predicted octanol–water partition coefficient (Wildman–Crippen LogP) is 4.13. The minimum Gasteiger partial charge on any atom is -0.507 e. The Morgan fingerprint density at radius 1 is 1.10 bits per heavy atom. The van der Waals surface area contributed by atoms with Gasteiger partial charge in [-0.3, -0.25) is 9.59 Å². The molecule has 0 aliphatic carbocycles. The molecule has 0 bridgehead atoms. The average Bonchev–Trinajstić information content (AvgIpc) is 3.17. The van der Waals surface area contributed by atoms with E-state index >= 15 is 0 Å². The molecular formula is C22H21ClF2N2O4. The van der Waals surface area contributed by atoms with Crippen LogP contribution in [0.4, 0.5) is 8.78 Å². The molecule has 0 aromatic heterocycles. The lowest BCUT2D eigenvalue weighted by molar-refractivity contribution is -0.113. The van der Waals surface area contributed by atoms with Crippen LogP contribution in [0.25, 0.3) is 0 Å². The SMILES string of the molecule is Cc1c(C(=O)N2CC(F)(F)C2)cccc1C1CCCN1C(=O)c1cc(Cl)c(O)cc1O. The molecule has 31 heavy (non-hydrogen) atoms. The highest BCUT2D eigenvalue weighted by Crippen LogP contribution is 2.39. The first kappa shape index (κ1) is 21.4. The first-order valence-electron chi connectivity index (χ1n) is 9.88. The van der Waals surface area contributed by atoms with E-state index in [0.29, 0.717) is 24.1 Å². The van der Waals surface area contributed by atoms with Crippen molar-refractivity contribution < 1.29 is 28.6 Å². The monoisotopic (exact) mass is 450 g/mol. The fraction of sp³-hybridized carbons (Fsp3) is 0.364. The number of halogens is 3. The molecule has 2 fully saturated rings. The number of carbonyl (C=O) groups is 2. The lowest BCUT2D eigenvalue weighted by Gasteiger charge is -2.39. The highest BCUT2D eigenvalue weighted by Gasteiger charge is 2.46. The van der Waals surface area contributed by atoms with E-state index in [0.717, 1.165) is 23.0 Å². The van der Waals surface area contributed by atoms with Crippen LogP contribution in [-0.2, 0) is 0 Å². The number of phenols is 2. The second-order valence-electron chi connectivity index (χ2n) is 8.01. The summed E-state index contributed by atoms with van der Waals surface area (Å²) in [4.78, 5) is 28.5. The topological polar surface area (TPSA) is 81.1 Å². The van der Waals surface area contributed by atoms with Crippen LogP contribution in [0.15, 0.2) is 30.3 Å². The maximum absolute atomic E-state index is 13.2. The third-order valence-electron chi connectivity index (χ3n) is 5.91. The molecule has 2 saturated heterocycles. The Kier molecular flexibility index (Phi) is 5.29. The van der Waals surface area contributed by atoms with Gasteiger partial charge in [-0.05, 0) is 43.0 Å². The van der Waals surface area contributed by atoms with Crippen LogP contribution in [0.3, 0.4) is 0 Å². The van der Waals surface area contributed by atoms with E-state index in [2.05, 4.69) is 0 Å². The summed E-state index contributed by atoms with van der Waals surface area (Å²) < 4.78 is 26.4. The van der Waals surface area contributed by atoms with Gasteiger partial charge in [-0.2, -0.15) is 0 Å². The third-order valence-corrected chi connectivity index (χ3v) is 6.21. The highest BCUT2D eigenvalue weighted by atomic mass is 35.5. The zero-order valence-electron chi connectivity index (χ0n) is 16.7. The molecule has 1 atom stereocenters. The Morgan fingerprint density at radius 3 is 2.48 bits per heavy atom. The first-order chi connectivity index (χ1) is 14.6. The number of likely N-dealkylation sites (tertiary alicyclic amines) is 2. The van der Waals surface area contributed by atoms with Gasteiger partial charge in [0.15, 0.2) is 0 Å². The van der Waals surface area contributed by atoms with Crippen LogP contribution in [-0.4, -0.2) is 57.4 Å². The van der Waals surface area contributed by atoms with Gasteiger partial charge in [0.1, 0.15) is 11.5 Å². The fourth-order valence-electron chi connectivity index (χ4n) is 4.28. The molecule has 0 saturated carbocycles. The second-order valence-corrected chi connectivity index (χ2v) is 8.42. The van der Waals surface area contributed by atoms with Gasteiger partial charge >= 0.3 is 0 Å². The van der Waals surface area contributed by atoms with Crippen molar-refractivity contribution in [3.63, 3.8) is 0 Å². The molecule has 2 amide bonds. The number of aromatic hydroxyl groups is 2. The molecule has 2 aliphatic rings. The maximum Gasteiger partial charge on any atom is 0.282 e. The number of nitrogens with zero attached hydrogens (tertiary/aromatic N) is 2. The van der Waals surface area contributed by atoms with Crippen molar-refractivity contribution >= 4 is 23.4 Å². The van der Waals surface area contributed by atoms with E-state index in [9.17, 15) is 28.6 Å². The van der Waals surface area contributed by atoms with Crippen molar-refractivity contribution in [2.75, 3.05) is 19.6 Å². The van der Waals surface area contributed by atoms with Crippen molar-refractivity contribution in [3.05, 3.63) is 57.6 Å². The first-order valence-corrected chi connectivity index (χ1v) is 10.3. The van der Waals surface area contributed by atoms with Gasteiger partial charge in [-0.15, -0.1) is 0 Å². The number of hydrogen-bond donors (Lipinski definition) is 2. The summed E-state index contributed by atoms with van der Waals surface area (Å²) in [5, 5.41) is 19.7. The van der Waals surface area contributed by atoms with Crippen molar-refractivity contribution in [2.24, 2.45) is 0 Å². The van der Waals surface area contributed by atoms with Gasteiger partial charge in [0, 0.05) is 18.2 Å². The summed E-state index contributed by atoms with van der Waals surface area (Å²) >= 11 is 5.91. The highest BCUT2D eigenvalue weighted by molar-refractivity contribution is 6.32. The normalized spacial score (nSPS) is 19.9. The standard InChI is InChI=1S/C22H21ClF2N2O4/c1-12-13(4-2-5-14(12)20(30)26-10-22(24,25)11-26)17-6-3-7-27(17)21(31)15-8-16(23)19(29)9-18(15)28/h2,4-5,8-9,17,28-29H,3,6-7,10-11H2,1H3. The molecule has 4 rings (SSSR count). The molecule has 2 aromatic rings. The number of benzene rings is 2. The smallest absolute Gasteiger partial charge is 0.282 e. The van der Waals surface area contributed by atoms with Gasteiger partial charge < -0.3 is 20.0 Å². The van der Waals surface area contributed by atoms with E-state index in [1.54, 1.807) is 24.0 Å². The lowest BCUT2D eigenvalue weighted by atomic mass is 9.93. The van der Waals surface area contributed by atoms with Gasteiger partial charge in [-0.25, -0.2) is 8.78 Å². The van der Waals surface area contributed by atoms with Gasteiger partial charge in [0.2, 0.25) is 0 Å². The van der Waals surface area contributed by atoms with Crippen LogP contribution >= 0.6 is 11.6 Å². The minimum atomic E-state index is -2.84. The zero-order valence-corrected chi connectivity index (χ0v) is 17.5. The molecule has 9 heteroatoms. The number of phenolic OH excluding ortho intramolecular Hbond substituents is 2. The summed E-state index contributed by atoms with van der Waals surface area (Å²) in [5.74, 6) is -4.45. The van der Waals surface area contributed by atoms with Crippen LogP contribution < -0.4 is 0 Å². The molecule has 2 aromatic carbocycles. The molecule has 0 radical (unpaired) electrons. The summed E-state index contributed by atoms with van der Waals surface area (Å²) in [6, 6.07) is 7.00. The molecule has 2 aliphatic heterocycles. The average molecular weight is 451 g/mol. The second kappa shape index (κ2) is 7.67. The molecule has 0 spiro atoms. The van der Waals surface area contributed by atoms with Gasteiger partial charge in [-0.1, -0.05) is 23.7 Å². The summed E-state index contributed by atoms with van der Waals surface area (Å²) in [5.41, 5.74) is 1.71. The largest absolute Gasteiger partial charge is 0.507 e. The minimum absolute atomic E-state index is 0.0256. The van der Waals surface area contributed by atoms with Gasteiger partial charge in [0.25, 0.3) is 17.7 Å².